The van der Waals surface area contributed by atoms with Crippen molar-refractivity contribution in [3.8, 4) is 10.4 Å². The van der Waals surface area contributed by atoms with Gasteiger partial charge in [0.25, 0.3) is 0 Å². The van der Waals surface area contributed by atoms with Crippen LogP contribution in [0.3, 0.4) is 0 Å². The molecule has 0 N–H and O–H groups in total. The molecule has 0 fully saturated rings. The van der Waals surface area contributed by atoms with Gasteiger partial charge in [0.05, 0.1) is 16.8 Å². The summed E-state index contributed by atoms with van der Waals surface area (Å²) < 4.78 is 12.0. The van der Waals surface area contributed by atoms with Gasteiger partial charge >= 0.3 is 0 Å². The van der Waals surface area contributed by atoms with Gasteiger partial charge in [-0.2, -0.15) is 0 Å². The quantitative estimate of drug-likeness (QED) is 0.300. The van der Waals surface area contributed by atoms with E-state index >= 15 is 0 Å². The van der Waals surface area contributed by atoms with Gasteiger partial charge < -0.3 is 14.4 Å². The lowest BCUT2D eigenvalue weighted by atomic mass is 10.0. The molecule has 0 saturated carbocycles. The molecular formula is C27H21N3O2S. The Hall–Kier alpha value is -3.90. The van der Waals surface area contributed by atoms with Gasteiger partial charge in [0.15, 0.2) is 11.6 Å². The van der Waals surface area contributed by atoms with E-state index in [1.807, 2.05) is 6.07 Å². The second kappa shape index (κ2) is 8.56. The van der Waals surface area contributed by atoms with Crippen molar-refractivity contribution in [1.82, 2.24) is 9.97 Å². The van der Waals surface area contributed by atoms with Crippen LogP contribution in [0.1, 0.15) is 5.56 Å². The average Bonchev–Trinajstić information content (AvgIpc) is 3.54. The molecule has 0 spiro atoms. The summed E-state index contributed by atoms with van der Waals surface area (Å²) in [5, 5.41) is 2.47. The summed E-state index contributed by atoms with van der Waals surface area (Å²) in [6.07, 6.45) is 3.34. The topological polar surface area (TPSA) is 47.5 Å². The van der Waals surface area contributed by atoms with Crippen LogP contribution in [0.2, 0.25) is 0 Å². The summed E-state index contributed by atoms with van der Waals surface area (Å²) in [5.41, 5.74) is 3.37. The molecule has 162 valence electrons. The second-order valence-corrected chi connectivity index (χ2v) is 8.96. The molecule has 0 saturated heterocycles. The van der Waals surface area contributed by atoms with Gasteiger partial charge in [-0.25, -0.2) is 9.97 Å². The molecule has 0 aliphatic carbocycles. The van der Waals surface area contributed by atoms with Crippen molar-refractivity contribution in [1.29, 1.82) is 0 Å². The molecule has 3 heterocycles. The molecule has 0 atom stereocenters. The van der Waals surface area contributed by atoms with E-state index in [0.29, 0.717) is 13.1 Å². The van der Waals surface area contributed by atoms with Crippen molar-refractivity contribution in [2.75, 3.05) is 18.2 Å². The number of fused-ring (bicyclic) bond motifs is 2. The third kappa shape index (κ3) is 3.90. The van der Waals surface area contributed by atoms with Crippen molar-refractivity contribution in [2.24, 2.45) is 0 Å². The molecule has 1 aliphatic rings. The van der Waals surface area contributed by atoms with Crippen molar-refractivity contribution in [3.63, 3.8) is 0 Å². The summed E-state index contributed by atoms with van der Waals surface area (Å²) in [7, 11) is 0. The molecule has 0 amide bonds. The molecule has 33 heavy (non-hydrogen) atoms. The van der Waals surface area contributed by atoms with Crippen LogP contribution in [0.25, 0.3) is 31.4 Å². The van der Waals surface area contributed by atoms with E-state index < -0.39 is 0 Å². The fourth-order valence-electron chi connectivity index (χ4n) is 4.19. The predicted octanol–water partition coefficient (Wildman–Crippen LogP) is 6.36. The lowest BCUT2D eigenvalue weighted by Gasteiger charge is -2.24. The molecule has 3 aromatic carbocycles. The van der Waals surface area contributed by atoms with Crippen LogP contribution in [0, 0.1) is 0 Å². The van der Waals surface area contributed by atoms with Gasteiger partial charge in [0.1, 0.15) is 12.6 Å². The number of hydrogen-bond donors (Lipinski definition) is 0. The first-order chi connectivity index (χ1) is 16.3. The zero-order valence-corrected chi connectivity index (χ0v) is 18.7. The third-order valence-corrected chi connectivity index (χ3v) is 6.89. The van der Waals surface area contributed by atoms with E-state index in [2.05, 4.69) is 82.7 Å². The lowest BCUT2D eigenvalue weighted by molar-refractivity contribution is 0.0797. The number of benzene rings is 3. The maximum atomic E-state index is 5.63. The number of nitrogens with zero attached hydrogens (tertiary/aromatic N) is 3. The molecule has 0 bridgehead atoms. The predicted molar refractivity (Wildman–Crippen MR) is 133 cm³/mol. The van der Waals surface area contributed by atoms with Gasteiger partial charge in [0, 0.05) is 11.4 Å². The summed E-state index contributed by atoms with van der Waals surface area (Å²) in [5.74, 6) is 1.69. The van der Waals surface area contributed by atoms with Crippen LogP contribution in [0.5, 0.6) is 0 Å². The molecule has 5 nitrogen and oxygen atoms in total. The summed E-state index contributed by atoms with van der Waals surface area (Å²) in [4.78, 5) is 12.7. The van der Waals surface area contributed by atoms with Gasteiger partial charge in [0.2, 0.25) is 6.79 Å². The van der Waals surface area contributed by atoms with Crippen LogP contribution >= 0.6 is 11.3 Å². The molecule has 5 aromatic rings. The Balaban J connectivity index is 1.45. The van der Waals surface area contributed by atoms with E-state index in [0.717, 1.165) is 21.8 Å². The highest BCUT2D eigenvalue weighted by molar-refractivity contribution is 7.22. The largest absolute Gasteiger partial charge is 0.462 e. The number of thiophene rings is 1. The van der Waals surface area contributed by atoms with Crippen LogP contribution in [-0.2, 0) is 16.0 Å². The van der Waals surface area contributed by atoms with Crippen molar-refractivity contribution in [2.45, 2.75) is 6.54 Å². The summed E-state index contributed by atoms with van der Waals surface area (Å²) in [6.45, 7) is 1.54. The number of rotatable bonds is 6. The van der Waals surface area contributed by atoms with E-state index in [1.54, 1.807) is 23.9 Å². The standard InChI is InChI=1S/C27H21N3O2S/c1-2-7-19(8-3-1)14-30(15-21-16-31-18-32-21)27-26-24(28-17-29-27)13-25(33-26)23-12-6-10-20-9-4-5-11-22(20)23/h1-13,16-17H,14-15,18H2. The van der Waals surface area contributed by atoms with Gasteiger partial charge in [-0.15, -0.1) is 11.3 Å². The van der Waals surface area contributed by atoms with E-state index in [-0.39, 0.29) is 6.79 Å². The zero-order chi connectivity index (χ0) is 22.0. The number of anilines is 1. The second-order valence-electron chi connectivity index (χ2n) is 7.90. The minimum atomic E-state index is 0.262. The normalized spacial score (nSPS) is 13.0. The average molecular weight is 452 g/mol. The maximum absolute atomic E-state index is 5.63. The molecular weight excluding hydrogens is 430 g/mol. The van der Waals surface area contributed by atoms with E-state index in [1.165, 1.54) is 26.8 Å². The first kappa shape index (κ1) is 19.8. The van der Waals surface area contributed by atoms with Crippen molar-refractivity contribution in [3.05, 3.63) is 103 Å². The molecule has 1 aliphatic heterocycles. The maximum Gasteiger partial charge on any atom is 0.229 e. The Morgan fingerprint density at radius 2 is 1.73 bits per heavy atom. The van der Waals surface area contributed by atoms with Crippen molar-refractivity contribution < 1.29 is 9.47 Å². The molecule has 0 radical (unpaired) electrons. The third-order valence-electron chi connectivity index (χ3n) is 5.74. The molecule has 2 aromatic heterocycles. The van der Waals surface area contributed by atoms with E-state index in [4.69, 9.17) is 14.5 Å². The fraction of sp³-hybridized carbons (Fsp3) is 0.111. The number of ether oxygens (including phenoxy) is 2. The molecule has 0 unspecified atom stereocenters. The Kier molecular flexibility index (Phi) is 5.13. The summed E-state index contributed by atoms with van der Waals surface area (Å²) in [6, 6.07) is 27.5. The smallest absolute Gasteiger partial charge is 0.229 e. The first-order valence-corrected chi connectivity index (χ1v) is 11.6. The minimum absolute atomic E-state index is 0.262. The number of aromatic nitrogens is 2. The van der Waals surface area contributed by atoms with E-state index in [9.17, 15) is 0 Å². The zero-order valence-electron chi connectivity index (χ0n) is 17.8. The van der Waals surface area contributed by atoms with Gasteiger partial charge in [-0.3, -0.25) is 0 Å². The lowest BCUT2D eigenvalue weighted by Crippen LogP contribution is -2.26. The number of hydrogen-bond acceptors (Lipinski definition) is 6. The van der Waals surface area contributed by atoms with Gasteiger partial charge in [-0.05, 0) is 28.0 Å². The highest BCUT2D eigenvalue weighted by atomic mass is 32.1. The van der Waals surface area contributed by atoms with Crippen LogP contribution in [0.15, 0.2) is 97.2 Å². The SMILES string of the molecule is C1=C(CN(Cc2ccccc2)c2ncnc3cc(-c4cccc5ccccc45)sc23)OCO1. The van der Waals surface area contributed by atoms with Crippen LogP contribution in [-0.4, -0.2) is 23.3 Å². The Labute approximate surface area is 195 Å². The molecule has 6 heteroatoms. The van der Waals surface area contributed by atoms with Gasteiger partial charge in [-0.1, -0.05) is 72.8 Å². The monoisotopic (exact) mass is 451 g/mol. The van der Waals surface area contributed by atoms with Crippen molar-refractivity contribution >= 4 is 38.1 Å². The summed E-state index contributed by atoms with van der Waals surface area (Å²) >= 11 is 1.73. The Bertz CT molecular complexity index is 1460. The first-order valence-electron chi connectivity index (χ1n) is 10.8. The Morgan fingerprint density at radius 3 is 2.61 bits per heavy atom. The molecule has 6 rings (SSSR count). The highest BCUT2D eigenvalue weighted by Gasteiger charge is 2.20. The highest BCUT2D eigenvalue weighted by Crippen LogP contribution is 2.40. The minimum Gasteiger partial charge on any atom is -0.462 e. The van der Waals surface area contributed by atoms with Crippen LogP contribution in [0.4, 0.5) is 5.82 Å². The fourth-order valence-corrected chi connectivity index (χ4v) is 5.36. The Morgan fingerprint density at radius 1 is 0.879 bits per heavy atom. The van der Waals surface area contributed by atoms with Crippen LogP contribution < -0.4 is 4.90 Å².